The summed E-state index contributed by atoms with van der Waals surface area (Å²) in [7, 11) is 0. The summed E-state index contributed by atoms with van der Waals surface area (Å²) in [5, 5.41) is 29.5. The summed E-state index contributed by atoms with van der Waals surface area (Å²) >= 11 is 12.0. The number of carboxylic acid groups (broad SMARTS) is 2. The standard InChI is InChI=1S/C15H15Cl2NO6/c16-6-3-1-2-5(10(6)17)4-24-12-11(19)7-8(13(20)21)9(7)15(12,18)14(22)23/h1-3,7-9,11-12,19H,4,18H2,(H,20,21)(H,22,23)/t7-,8-,9-,11+,12+,15+/m0/s1. The molecule has 0 aliphatic heterocycles. The van der Waals surface area contributed by atoms with Crippen LogP contribution in [0.15, 0.2) is 18.2 Å². The highest BCUT2D eigenvalue weighted by atomic mass is 35.5. The van der Waals surface area contributed by atoms with Crippen molar-refractivity contribution in [1.82, 2.24) is 0 Å². The molecule has 2 saturated carbocycles. The first kappa shape index (κ1) is 17.4. The van der Waals surface area contributed by atoms with Gasteiger partial charge in [-0.3, -0.25) is 9.59 Å². The van der Waals surface area contributed by atoms with E-state index in [4.69, 9.17) is 38.8 Å². The Morgan fingerprint density at radius 3 is 2.54 bits per heavy atom. The fourth-order valence-corrected chi connectivity index (χ4v) is 4.08. The normalized spacial score (nSPS) is 37.1. The molecule has 5 N–H and O–H groups in total. The molecule has 0 radical (unpaired) electrons. The molecule has 1 aromatic rings. The molecule has 3 rings (SSSR count). The Hall–Kier alpha value is -1.38. The van der Waals surface area contributed by atoms with Crippen LogP contribution in [0.3, 0.4) is 0 Å². The molecule has 0 amide bonds. The van der Waals surface area contributed by atoms with E-state index in [1.807, 2.05) is 0 Å². The number of aliphatic hydroxyl groups is 1. The summed E-state index contributed by atoms with van der Waals surface area (Å²) in [5.41, 5.74) is 4.51. The molecule has 6 atom stereocenters. The molecule has 24 heavy (non-hydrogen) atoms. The van der Waals surface area contributed by atoms with Crippen molar-refractivity contribution in [3.63, 3.8) is 0 Å². The maximum Gasteiger partial charge on any atom is 0.326 e. The summed E-state index contributed by atoms with van der Waals surface area (Å²) < 4.78 is 5.55. The van der Waals surface area contributed by atoms with E-state index >= 15 is 0 Å². The van der Waals surface area contributed by atoms with Gasteiger partial charge in [0.15, 0.2) is 0 Å². The van der Waals surface area contributed by atoms with Gasteiger partial charge in [0.05, 0.1) is 28.7 Å². The van der Waals surface area contributed by atoms with Crippen molar-refractivity contribution in [1.29, 1.82) is 0 Å². The smallest absolute Gasteiger partial charge is 0.326 e. The molecule has 0 saturated heterocycles. The molecule has 2 aliphatic carbocycles. The van der Waals surface area contributed by atoms with Crippen molar-refractivity contribution in [2.24, 2.45) is 23.5 Å². The first-order valence-corrected chi connectivity index (χ1v) is 7.94. The van der Waals surface area contributed by atoms with Crippen molar-refractivity contribution >= 4 is 35.1 Å². The van der Waals surface area contributed by atoms with Crippen molar-refractivity contribution in [2.75, 3.05) is 0 Å². The number of rotatable bonds is 5. The predicted molar refractivity (Wildman–Crippen MR) is 83.7 cm³/mol. The van der Waals surface area contributed by atoms with Gasteiger partial charge in [0.2, 0.25) is 0 Å². The molecule has 2 aliphatic rings. The number of halogens is 2. The molecular formula is C15H15Cl2NO6. The van der Waals surface area contributed by atoms with Crippen molar-refractivity contribution in [3.8, 4) is 0 Å². The first-order valence-electron chi connectivity index (χ1n) is 7.18. The van der Waals surface area contributed by atoms with E-state index < -0.39 is 47.4 Å². The number of fused-ring (bicyclic) bond motifs is 1. The molecule has 0 bridgehead atoms. The highest BCUT2D eigenvalue weighted by molar-refractivity contribution is 6.42. The minimum Gasteiger partial charge on any atom is -0.481 e. The Morgan fingerprint density at radius 2 is 1.96 bits per heavy atom. The third kappa shape index (κ3) is 2.39. The van der Waals surface area contributed by atoms with Crippen LogP contribution in [0.4, 0.5) is 0 Å². The average molecular weight is 376 g/mol. The lowest BCUT2D eigenvalue weighted by Crippen LogP contribution is -2.61. The molecule has 2 fully saturated rings. The second-order valence-electron chi connectivity index (χ2n) is 6.14. The molecule has 0 spiro atoms. The zero-order chi connectivity index (χ0) is 17.8. The fourth-order valence-electron chi connectivity index (χ4n) is 3.71. The van der Waals surface area contributed by atoms with Gasteiger partial charge >= 0.3 is 11.9 Å². The quantitative estimate of drug-likeness (QED) is 0.603. The fraction of sp³-hybridized carbons (Fsp3) is 0.467. The molecule has 0 heterocycles. The summed E-state index contributed by atoms with van der Waals surface area (Å²) in [6.07, 6.45) is -2.52. The van der Waals surface area contributed by atoms with Crippen LogP contribution in [0.1, 0.15) is 5.56 Å². The number of aliphatic hydroxyl groups excluding tert-OH is 1. The van der Waals surface area contributed by atoms with E-state index in [1.165, 1.54) is 0 Å². The van der Waals surface area contributed by atoms with E-state index in [0.717, 1.165) is 0 Å². The first-order chi connectivity index (χ1) is 11.2. The van der Waals surface area contributed by atoms with Gasteiger partial charge in [-0.15, -0.1) is 0 Å². The predicted octanol–water partition coefficient (Wildman–Crippen LogP) is 0.982. The van der Waals surface area contributed by atoms with E-state index in [0.29, 0.717) is 10.6 Å². The van der Waals surface area contributed by atoms with E-state index in [1.54, 1.807) is 18.2 Å². The Balaban J connectivity index is 1.82. The molecule has 9 heteroatoms. The van der Waals surface area contributed by atoms with Crippen LogP contribution in [0.2, 0.25) is 10.0 Å². The maximum atomic E-state index is 11.7. The van der Waals surface area contributed by atoms with Gasteiger partial charge in [-0.1, -0.05) is 35.3 Å². The third-order valence-electron chi connectivity index (χ3n) is 4.91. The number of benzene rings is 1. The zero-order valence-electron chi connectivity index (χ0n) is 12.2. The van der Waals surface area contributed by atoms with Crippen LogP contribution in [-0.2, 0) is 20.9 Å². The number of carbonyl (C=O) groups is 2. The Labute approximate surface area is 146 Å². The molecule has 7 nitrogen and oxygen atoms in total. The number of hydrogen-bond acceptors (Lipinski definition) is 5. The van der Waals surface area contributed by atoms with Crippen molar-refractivity contribution in [2.45, 2.75) is 24.4 Å². The molecule has 1 aromatic carbocycles. The van der Waals surface area contributed by atoms with Crippen LogP contribution in [-0.4, -0.2) is 45.0 Å². The third-order valence-corrected chi connectivity index (χ3v) is 5.77. The lowest BCUT2D eigenvalue weighted by atomic mass is 9.88. The second kappa shape index (κ2) is 5.86. The summed E-state index contributed by atoms with van der Waals surface area (Å²) in [4.78, 5) is 22.8. The van der Waals surface area contributed by atoms with Crippen molar-refractivity contribution in [3.05, 3.63) is 33.8 Å². The van der Waals surface area contributed by atoms with E-state index in [9.17, 15) is 19.8 Å². The molecule has 0 unspecified atom stereocenters. The van der Waals surface area contributed by atoms with Gasteiger partial charge in [-0.25, -0.2) is 0 Å². The van der Waals surface area contributed by atoms with Crippen molar-refractivity contribution < 1.29 is 29.6 Å². The van der Waals surface area contributed by atoms with Crippen LogP contribution in [0.25, 0.3) is 0 Å². The van der Waals surface area contributed by atoms with E-state index in [2.05, 4.69) is 0 Å². The number of aliphatic carboxylic acids is 2. The SMILES string of the molecule is N[C@]1(C(=O)O)[C@@H]2[C@@H](C(=O)O)[C@@H]2[C@@H](O)[C@H]1OCc1cccc(Cl)c1Cl. The lowest BCUT2D eigenvalue weighted by molar-refractivity contribution is -0.157. The highest BCUT2D eigenvalue weighted by Crippen LogP contribution is 2.62. The summed E-state index contributed by atoms with van der Waals surface area (Å²) in [6.45, 7) is -0.107. The molecule has 130 valence electrons. The number of nitrogens with two attached hydrogens (primary N) is 1. The van der Waals surface area contributed by atoms with Crippen LogP contribution in [0.5, 0.6) is 0 Å². The summed E-state index contributed by atoms with van der Waals surface area (Å²) in [6, 6.07) is 4.90. The van der Waals surface area contributed by atoms with Crippen LogP contribution < -0.4 is 5.73 Å². The zero-order valence-corrected chi connectivity index (χ0v) is 13.7. The number of ether oxygens (including phenoxy) is 1. The Kier molecular flexibility index (Phi) is 4.26. The Morgan fingerprint density at radius 1 is 1.29 bits per heavy atom. The lowest BCUT2D eigenvalue weighted by Gasteiger charge is -2.32. The monoisotopic (exact) mass is 375 g/mol. The molecular weight excluding hydrogens is 361 g/mol. The van der Waals surface area contributed by atoms with E-state index in [-0.39, 0.29) is 11.6 Å². The van der Waals surface area contributed by atoms with Gasteiger partial charge in [0.1, 0.15) is 11.6 Å². The van der Waals surface area contributed by atoms with Gasteiger partial charge in [-0.2, -0.15) is 0 Å². The minimum absolute atomic E-state index is 0.107. The summed E-state index contributed by atoms with van der Waals surface area (Å²) in [5.74, 6) is -5.15. The number of carboxylic acids is 2. The van der Waals surface area contributed by atoms with Crippen LogP contribution in [0, 0.1) is 17.8 Å². The van der Waals surface area contributed by atoms with Gasteiger partial charge in [-0.05, 0) is 11.6 Å². The van der Waals surface area contributed by atoms with Gasteiger partial charge in [0, 0.05) is 11.8 Å². The van der Waals surface area contributed by atoms with Gasteiger partial charge in [0.25, 0.3) is 0 Å². The topological polar surface area (TPSA) is 130 Å². The Bertz CT molecular complexity index is 713. The highest BCUT2D eigenvalue weighted by Gasteiger charge is 2.78. The van der Waals surface area contributed by atoms with Gasteiger partial charge < -0.3 is 25.8 Å². The second-order valence-corrected chi connectivity index (χ2v) is 6.93. The minimum atomic E-state index is -1.97. The molecule has 0 aromatic heterocycles. The largest absolute Gasteiger partial charge is 0.481 e. The van der Waals surface area contributed by atoms with Crippen LogP contribution >= 0.6 is 23.2 Å². The number of hydrogen-bond donors (Lipinski definition) is 4. The maximum absolute atomic E-state index is 11.7. The average Bonchev–Trinajstić information content (AvgIpc) is 3.22.